The zero-order valence-electron chi connectivity index (χ0n) is 22.9. The predicted octanol–water partition coefficient (Wildman–Crippen LogP) is 7.67. The highest BCUT2D eigenvalue weighted by molar-refractivity contribution is 7.98. The van der Waals surface area contributed by atoms with Gasteiger partial charge in [-0.3, -0.25) is 4.98 Å². The molecule has 36 heavy (non-hydrogen) atoms. The number of carbonyl (C=O) groups excluding carboxylic acids is 1. The first kappa shape index (κ1) is 27.7. The summed E-state index contributed by atoms with van der Waals surface area (Å²) < 4.78 is 5.79. The fourth-order valence-electron chi connectivity index (χ4n) is 3.95. The molecule has 0 unspecified atom stereocenters. The number of rotatable bonds is 7. The third kappa shape index (κ3) is 8.09. The molecule has 0 saturated carbocycles. The second-order valence-corrected chi connectivity index (χ2v) is 12.5. The molecule has 6 heteroatoms. The molecule has 3 rings (SSSR count). The van der Waals surface area contributed by atoms with Crippen molar-refractivity contribution < 1.29 is 9.53 Å². The molecular formula is C30H39N3O2S. The molecule has 3 aromatic rings. The van der Waals surface area contributed by atoms with Crippen LogP contribution in [0.3, 0.4) is 0 Å². The number of ether oxygens (including phenoxy) is 1. The van der Waals surface area contributed by atoms with Crippen LogP contribution in [-0.4, -0.2) is 21.6 Å². The Labute approximate surface area is 220 Å². The standard InChI is InChI=1S/C30H39N3O2S/c1-20-12-14-22(15-13-20)27-23(18-35-28(34)33-30(6,7)8)25(17-29(3,4)5)32-21(2)24(27)19-36-26-11-9-10-16-31-26/h9-16H,17-19H2,1-8H3,(H,33,34). The van der Waals surface area contributed by atoms with E-state index < -0.39 is 6.09 Å². The van der Waals surface area contributed by atoms with Gasteiger partial charge in [-0.25, -0.2) is 9.78 Å². The number of amides is 1. The molecule has 0 aliphatic heterocycles. The maximum Gasteiger partial charge on any atom is 0.407 e. The lowest BCUT2D eigenvalue weighted by Gasteiger charge is -2.25. The summed E-state index contributed by atoms with van der Waals surface area (Å²) in [7, 11) is 0. The highest BCUT2D eigenvalue weighted by Gasteiger charge is 2.24. The summed E-state index contributed by atoms with van der Waals surface area (Å²) in [4.78, 5) is 22.2. The maximum atomic E-state index is 12.6. The Kier molecular flexibility index (Phi) is 8.83. The second kappa shape index (κ2) is 11.5. The van der Waals surface area contributed by atoms with Gasteiger partial charge in [0.05, 0.1) is 5.03 Å². The van der Waals surface area contributed by atoms with E-state index in [0.717, 1.165) is 50.8 Å². The summed E-state index contributed by atoms with van der Waals surface area (Å²) in [5, 5.41) is 3.87. The quantitative estimate of drug-likeness (QED) is 0.334. The van der Waals surface area contributed by atoms with E-state index in [-0.39, 0.29) is 17.6 Å². The lowest BCUT2D eigenvalue weighted by molar-refractivity contribution is 0.131. The predicted molar refractivity (Wildman–Crippen MR) is 149 cm³/mol. The molecule has 0 fully saturated rings. The normalized spacial score (nSPS) is 11.9. The molecule has 192 valence electrons. The minimum atomic E-state index is -0.427. The average Bonchev–Trinajstić information content (AvgIpc) is 2.76. The number of hydrogen-bond acceptors (Lipinski definition) is 5. The van der Waals surface area contributed by atoms with Crippen LogP contribution in [0.1, 0.15) is 69.6 Å². The summed E-state index contributed by atoms with van der Waals surface area (Å²) in [5.74, 6) is 0.718. The zero-order chi connectivity index (χ0) is 26.5. The van der Waals surface area contributed by atoms with Crippen molar-refractivity contribution in [2.24, 2.45) is 5.41 Å². The van der Waals surface area contributed by atoms with Crippen molar-refractivity contribution in [2.45, 2.75) is 84.7 Å². The second-order valence-electron chi connectivity index (χ2n) is 11.5. The Bertz CT molecular complexity index is 1180. The fourth-order valence-corrected chi connectivity index (χ4v) is 4.91. The number of thioether (sulfide) groups is 1. The largest absolute Gasteiger partial charge is 0.445 e. The van der Waals surface area contributed by atoms with Gasteiger partial charge in [-0.15, -0.1) is 11.8 Å². The number of benzene rings is 1. The van der Waals surface area contributed by atoms with Crippen molar-refractivity contribution in [3.05, 3.63) is 76.7 Å². The summed E-state index contributed by atoms with van der Waals surface area (Å²) in [6, 6.07) is 14.5. The van der Waals surface area contributed by atoms with E-state index in [2.05, 4.69) is 69.2 Å². The highest BCUT2D eigenvalue weighted by Crippen LogP contribution is 2.37. The van der Waals surface area contributed by atoms with E-state index >= 15 is 0 Å². The van der Waals surface area contributed by atoms with Crippen molar-refractivity contribution in [3.63, 3.8) is 0 Å². The summed E-state index contributed by atoms with van der Waals surface area (Å²) in [6.45, 7) is 16.8. The van der Waals surface area contributed by atoms with Gasteiger partial charge >= 0.3 is 6.09 Å². The number of carbonyl (C=O) groups is 1. The van der Waals surface area contributed by atoms with Gasteiger partial charge in [0, 0.05) is 34.4 Å². The first-order chi connectivity index (χ1) is 16.8. The van der Waals surface area contributed by atoms with Crippen LogP contribution >= 0.6 is 11.8 Å². The number of alkyl carbamates (subject to hydrolysis) is 1. The molecule has 2 aromatic heterocycles. The minimum absolute atomic E-state index is 0.0244. The van der Waals surface area contributed by atoms with E-state index in [9.17, 15) is 4.79 Å². The van der Waals surface area contributed by atoms with Crippen LogP contribution in [0, 0.1) is 19.3 Å². The van der Waals surface area contributed by atoms with Gasteiger partial charge in [0.25, 0.3) is 0 Å². The van der Waals surface area contributed by atoms with Crippen molar-refractivity contribution in [2.75, 3.05) is 0 Å². The Hall–Kier alpha value is -2.86. The number of hydrogen-bond donors (Lipinski definition) is 1. The first-order valence-corrected chi connectivity index (χ1v) is 13.4. The Morgan fingerprint density at radius 2 is 1.67 bits per heavy atom. The molecule has 0 aliphatic carbocycles. The van der Waals surface area contributed by atoms with Crippen molar-refractivity contribution in [1.29, 1.82) is 0 Å². The molecule has 1 aromatic carbocycles. The lowest BCUT2D eigenvalue weighted by Crippen LogP contribution is -2.40. The lowest BCUT2D eigenvalue weighted by atomic mass is 9.85. The van der Waals surface area contributed by atoms with Crippen molar-refractivity contribution in [3.8, 4) is 11.1 Å². The number of nitrogens with one attached hydrogen (secondary N) is 1. The van der Waals surface area contributed by atoms with Crippen LogP contribution in [0.25, 0.3) is 11.1 Å². The average molecular weight is 506 g/mol. The summed E-state index contributed by atoms with van der Waals surface area (Å²) >= 11 is 1.69. The molecule has 0 atom stereocenters. The van der Waals surface area contributed by atoms with E-state index in [1.54, 1.807) is 11.8 Å². The molecular weight excluding hydrogens is 466 g/mol. The molecule has 0 bridgehead atoms. The Balaban J connectivity index is 2.13. The van der Waals surface area contributed by atoms with Crippen LogP contribution in [0.5, 0.6) is 0 Å². The van der Waals surface area contributed by atoms with Crippen molar-refractivity contribution >= 4 is 17.9 Å². The number of aromatic nitrogens is 2. The van der Waals surface area contributed by atoms with E-state index in [1.165, 1.54) is 5.56 Å². The number of pyridine rings is 2. The van der Waals surface area contributed by atoms with E-state index in [1.807, 2.05) is 45.2 Å². The molecule has 0 saturated heterocycles. The first-order valence-electron chi connectivity index (χ1n) is 12.4. The molecule has 1 N–H and O–H groups in total. The Morgan fingerprint density at radius 1 is 0.972 bits per heavy atom. The van der Waals surface area contributed by atoms with E-state index in [4.69, 9.17) is 9.72 Å². The SMILES string of the molecule is Cc1ccc(-c2c(CSc3ccccn3)c(C)nc(CC(C)(C)C)c2COC(=O)NC(C)(C)C)cc1. The monoisotopic (exact) mass is 505 g/mol. The molecule has 1 amide bonds. The van der Waals surface area contributed by atoms with E-state index in [0.29, 0.717) is 0 Å². The van der Waals surface area contributed by atoms with Gasteiger partial charge in [-0.05, 0) is 75.3 Å². The minimum Gasteiger partial charge on any atom is -0.445 e. The fraction of sp³-hybridized carbons (Fsp3) is 0.433. The van der Waals surface area contributed by atoms with Crippen LogP contribution in [-0.2, 0) is 23.5 Å². The van der Waals surface area contributed by atoms with Crippen LogP contribution in [0.15, 0.2) is 53.7 Å². The highest BCUT2D eigenvalue weighted by atomic mass is 32.2. The third-order valence-corrected chi connectivity index (χ3v) is 6.53. The number of aryl methyl sites for hydroxylation is 2. The maximum absolute atomic E-state index is 12.6. The molecule has 0 aliphatic rings. The number of nitrogens with zero attached hydrogens (tertiary/aromatic N) is 2. The molecule has 2 heterocycles. The van der Waals surface area contributed by atoms with Gasteiger partial charge < -0.3 is 10.1 Å². The van der Waals surface area contributed by atoms with Crippen LogP contribution in [0.2, 0.25) is 0 Å². The van der Waals surface area contributed by atoms with Crippen LogP contribution in [0.4, 0.5) is 4.79 Å². The zero-order valence-corrected chi connectivity index (χ0v) is 23.7. The molecule has 0 spiro atoms. The summed E-state index contributed by atoms with van der Waals surface area (Å²) in [6.07, 6.45) is 2.16. The molecule has 0 radical (unpaired) electrons. The van der Waals surface area contributed by atoms with Crippen LogP contribution < -0.4 is 5.32 Å². The van der Waals surface area contributed by atoms with Gasteiger partial charge in [0.1, 0.15) is 6.61 Å². The smallest absolute Gasteiger partial charge is 0.407 e. The van der Waals surface area contributed by atoms with Gasteiger partial charge in [-0.1, -0.05) is 56.7 Å². The van der Waals surface area contributed by atoms with Crippen molar-refractivity contribution in [1.82, 2.24) is 15.3 Å². The third-order valence-electron chi connectivity index (χ3n) is 5.56. The molecule has 5 nitrogen and oxygen atoms in total. The topological polar surface area (TPSA) is 64.1 Å². The summed E-state index contributed by atoms with van der Waals surface area (Å²) in [5.41, 5.74) is 7.15. The van der Waals surface area contributed by atoms with Gasteiger partial charge in [0.15, 0.2) is 0 Å². The Morgan fingerprint density at radius 3 is 2.25 bits per heavy atom. The van der Waals surface area contributed by atoms with Gasteiger partial charge in [0.2, 0.25) is 0 Å². The van der Waals surface area contributed by atoms with Gasteiger partial charge in [-0.2, -0.15) is 0 Å².